The van der Waals surface area contributed by atoms with Gasteiger partial charge >= 0.3 is 0 Å². The molecule has 0 radical (unpaired) electrons. The largest absolute Gasteiger partial charge is 0.497 e. The summed E-state index contributed by atoms with van der Waals surface area (Å²) < 4.78 is 18.2. The van der Waals surface area contributed by atoms with Crippen molar-refractivity contribution in [3.05, 3.63) is 58.6 Å². The number of nitrogens with one attached hydrogen (secondary N) is 1. The van der Waals surface area contributed by atoms with Crippen molar-refractivity contribution in [3.8, 4) is 5.75 Å². The molecule has 0 aliphatic rings. The van der Waals surface area contributed by atoms with Gasteiger partial charge in [-0.25, -0.2) is 9.37 Å². The van der Waals surface area contributed by atoms with E-state index in [1.807, 2.05) is 24.3 Å². The van der Waals surface area contributed by atoms with Crippen LogP contribution in [0.5, 0.6) is 5.75 Å². The molecule has 6 heteroatoms. The zero-order valence-electron chi connectivity index (χ0n) is 11.4. The Balaban J connectivity index is 1.93. The third-order valence-corrected chi connectivity index (χ3v) is 3.18. The van der Waals surface area contributed by atoms with Gasteiger partial charge in [0.1, 0.15) is 16.7 Å². The van der Waals surface area contributed by atoms with Gasteiger partial charge in [0.15, 0.2) is 0 Å². The van der Waals surface area contributed by atoms with E-state index in [0.29, 0.717) is 13.0 Å². The van der Waals surface area contributed by atoms with Crippen molar-refractivity contribution in [2.75, 3.05) is 13.7 Å². The molecule has 21 heavy (non-hydrogen) atoms. The van der Waals surface area contributed by atoms with Gasteiger partial charge in [-0.2, -0.15) is 0 Å². The molecule has 1 N–H and O–H groups in total. The predicted octanol–water partition coefficient (Wildman–Crippen LogP) is 2.86. The number of aromatic nitrogens is 1. The number of ether oxygens (including phenoxy) is 1. The molecule has 1 aromatic heterocycles. The highest BCUT2D eigenvalue weighted by Crippen LogP contribution is 2.14. The van der Waals surface area contributed by atoms with Gasteiger partial charge in [-0.3, -0.25) is 4.79 Å². The number of hydrogen-bond acceptors (Lipinski definition) is 3. The lowest BCUT2D eigenvalue weighted by molar-refractivity contribution is 0.0953. The van der Waals surface area contributed by atoms with Crippen molar-refractivity contribution in [1.29, 1.82) is 0 Å². The van der Waals surface area contributed by atoms with Gasteiger partial charge in [-0.15, -0.1) is 0 Å². The molecule has 110 valence electrons. The Labute approximate surface area is 126 Å². The molecule has 0 unspecified atom stereocenters. The maximum absolute atomic E-state index is 13.1. The summed E-state index contributed by atoms with van der Waals surface area (Å²) in [6.45, 7) is 0.402. The number of carbonyl (C=O) groups excluding carboxylic acids is 1. The van der Waals surface area contributed by atoms with E-state index in [9.17, 15) is 9.18 Å². The first-order valence-corrected chi connectivity index (χ1v) is 6.70. The van der Waals surface area contributed by atoms with E-state index in [2.05, 4.69) is 10.3 Å². The van der Waals surface area contributed by atoms with Crippen molar-refractivity contribution in [2.45, 2.75) is 6.42 Å². The minimum Gasteiger partial charge on any atom is -0.497 e. The standard InChI is InChI=1S/C15H14ClFN2O2/c1-21-12-4-2-3-10(7-12)5-6-18-15(20)13-8-11(17)9-19-14(13)16/h2-4,7-9H,5-6H2,1H3,(H,18,20). The van der Waals surface area contributed by atoms with Gasteiger partial charge < -0.3 is 10.1 Å². The number of rotatable bonds is 5. The second-order valence-corrected chi connectivity index (χ2v) is 4.71. The van der Waals surface area contributed by atoms with E-state index >= 15 is 0 Å². The van der Waals surface area contributed by atoms with Gasteiger partial charge in [0.05, 0.1) is 18.9 Å². The second kappa shape index (κ2) is 7.04. The topological polar surface area (TPSA) is 51.2 Å². The Morgan fingerprint density at radius 2 is 2.24 bits per heavy atom. The van der Waals surface area contributed by atoms with Crippen LogP contribution in [0.1, 0.15) is 15.9 Å². The third-order valence-electron chi connectivity index (χ3n) is 2.88. The summed E-state index contributed by atoms with van der Waals surface area (Å²) in [6, 6.07) is 8.62. The predicted molar refractivity (Wildman–Crippen MR) is 78.2 cm³/mol. The van der Waals surface area contributed by atoms with Gasteiger partial charge in [-0.1, -0.05) is 23.7 Å². The molecule has 0 saturated carbocycles. The van der Waals surface area contributed by atoms with Crippen molar-refractivity contribution in [3.63, 3.8) is 0 Å². The fourth-order valence-corrected chi connectivity index (χ4v) is 2.01. The zero-order valence-corrected chi connectivity index (χ0v) is 12.2. The van der Waals surface area contributed by atoms with Crippen LogP contribution in [0.15, 0.2) is 36.5 Å². The molecule has 0 aliphatic carbocycles. The molecule has 1 aromatic carbocycles. The van der Waals surface area contributed by atoms with Crippen LogP contribution < -0.4 is 10.1 Å². The number of hydrogen-bond donors (Lipinski definition) is 1. The fraction of sp³-hybridized carbons (Fsp3) is 0.200. The van der Waals surface area contributed by atoms with Crippen LogP contribution in [0.25, 0.3) is 0 Å². The van der Waals surface area contributed by atoms with Gasteiger partial charge in [0.25, 0.3) is 5.91 Å². The number of methoxy groups -OCH3 is 1. The lowest BCUT2D eigenvalue weighted by Gasteiger charge is -2.07. The molecule has 0 spiro atoms. The molecule has 1 amide bonds. The minimum atomic E-state index is -0.600. The van der Waals surface area contributed by atoms with E-state index in [1.54, 1.807) is 7.11 Å². The monoisotopic (exact) mass is 308 g/mol. The third kappa shape index (κ3) is 4.16. The van der Waals surface area contributed by atoms with E-state index < -0.39 is 11.7 Å². The number of carbonyl (C=O) groups is 1. The summed E-state index contributed by atoms with van der Waals surface area (Å²) >= 11 is 5.77. The maximum atomic E-state index is 13.1. The number of pyridine rings is 1. The van der Waals surface area contributed by atoms with E-state index in [-0.39, 0.29) is 10.7 Å². The Bertz CT molecular complexity index is 649. The zero-order chi connectivity index (χ0) is 15.2. The molecule has 0 atom stereocenters. The Kier molecular flexibility index (Phi) is 5.11. The molecule has 2 aromatic rings. The first-order valence-electron chi connectivity index (χ1n) is 6.32. The van der Waals surface area contributed by atoms with Crippen molar-refractivity contribution in [2.24, 2.45) is 0 Å². The molecule has 1 heterocycles. The lowest BCUT2D eigenvalue weighted by Crippen LogP contribution is -2.26. The summed E-state index contributed by atoms with van der Waals surface area (Å²) in [7, 11) is 1.60. The molecule has 2 rings (SSSR count). The highest BCUT2D eigenvalue weighted by molar-refractivity contribution is 6.32. The van der Waals surface area contributed by atoms with Crippen LogP contribution in [0, 0.1) is 5.82 Å². The molecule has 0 aliphatic heterocycles. The second-order valence-electron chi connectivity index (χ2n) is 4.35. The number of benzene rings is 1. The first-order chi connectivity index (χ1) is 10.1. The van der Waals surface area contributed by atoms with Crippen LogP contribution in [-0.4, -0.2) is 24.5 Å². The summed E-state index contributed by atoms with van der Waals surface area (Å²) in [6.07, 6.45) is 1.60. The summed E-state index contributed by atoms with van der Waals surface area (Å²) in [5.41, 5.74) is 1.06. The van der Waals surface area contributed by atoms with Gasteiger partial charge in [-0.05, 0) is 30.2 Å². The lowest BCUT2D eigenvalue weighted by atomic mass is 10.1. The van der Waals surface area contributed by atoms with Gasteiger partial charge in [0.2, 0.25) is 0 Å². The molecular formula is C15H14ClFN2O2. The highest BCUT2D eigenvalue weighted by atomic mass is 35.5. The van der Waals surface area contributed by atoms with Crippen LogP contribution in [0.3, 0.4) is 0 Å². The quantitative estimate of drug-likeness (QED) is 0.864. The summed E-state index contributed by atoms with van der Waals surface area (Å²) in [4.78, 5) is 15.5. The van der Waals surface area contributed by atoms with Crippen molar-refractivity contribution >= 4 is 17.5 Å². The Morgan fingerprint density at radius 1 is 1.43 bits per heavy atom. The Morgan fingerprint density at radius 3 is 3.00 bits per heavy atom. The highest BCUT2D eigenvalue weighted by Gasteiger charge is 2.12. The average molecular weight is 309 g/mol. The van der Waals surface area contributed by atoms with Gasteiger partial charge in [0, 0.05) is 6.54 Å². The van der Waals surface area contributed by atoms with E-state index in [0.717, 1.165) is 23.6 Å². The van der Waals surface area contributed by atoms with Crippen LogP contribution in [-0.2, 0) is 6.42 Å². The van der Waals surface area contributed by atoms with E-state index in [4.69, 9.17) is 16.3 Å². The van der Waals surface area contributed by atoms with Crippen LogP contribution >= 0.6 is 11.6 Å². The average Bonchev–Trinajstić information content (AvgIpc) is 2.49. The van der Waals surface area contributed by atoms with Crippen molar-refractivity contribution < 1.29 is 13.9 Å². The first kappa shape index (κ1) is 15.3. The Hall–Kier alpha value is -2.14. The van der Waals surface area contributed by atoms with E-state index in [1.165, 1.54) is 0 Å². The smallest absolute Gasteiger partial charge is 0.254 e. The molecule has 0 bridgehead atoms. The normalized spacial score (nSPS) is 10.2. The summed E-state index contributed by atoms with van der Waals surface area (Å²) in [5.74, 6) is -0.288. The van der Waals surface area contributed by atoms with Crippen LogP contribution in [0.2, 0.25) is 5.15 Å². The number of halogens is 2. The molecule has 4 nitrogen and oxygen atoms in total. The number of nitrogens with zero attached hydrogens (tertiary/aromatic N) is 1. The molecule has 0 fully saturated rings. The fourth-order valence-electron chi connectivity index (χ4n) is 1.83. The molecule has 0 saturated heterocycles. The van der Waals surface area contributed by atoms with Crippen LogP contribution in [0.4, 0.5) is 4.39 Å². The molecular weight excluding hydrogens is 295 g/mol. The number of amides is 1. The maximum Gasteiger partial charge on any atom is 0.254 e. The van der Waals surface area contributed by atoms with Crippen molar-refractivity contribution in [1.82, 2.24) is 10.3 Å². The minimum absolute atomic E-state index is 0.0183. The SMILES string of the molecule is COc1cccc(CCNC(=O)c2cc(F)cnc2Cl)c1. The summed E-state index contributed by atoms with van der Waals surface area (Å²) in [5, 5.41) is 2.66.